The summed E-state index contributed by atoms with van der Waals surface area (Å²) in [7, 11) is 0. The molecule has 140 valence electrons. The summed E-state index contributed by atoms with van der Waals surface area (Å²) in [5.74, 6) is -0.183. The molecule has 1 heterocycles. The molecule has 3 aromatic rings. The normalized spacial score (nSPS) is 10.8. The summed E-state index contributed by atoms with van der Waals surface area (Å²) < 4.78 is 14.8. The van der Waals surface area contributed by atoms with Crippen LogP contribution in [0.4, 0.5) is 21.6 Å². The van der Waals surface area contributed by atoms with E-state index in [0.717, 1.165) is 12.0 Å². The molecule has 0 aliphatic rings. The van der Waals surface area contributed by atoms with Crippen molar-refractivity contribution < 1.29 is 9.18 Å². The van der Waals surface area contributed by atoms with Crippen molar-refractivity contribution in [3.8, 4) is 11.3 Å². The fourth-order valence-electron chi connectivity index (χ4n) is 2.62. The molecule has 0 fully saturated rings. The van der Waals surface area contributed by atoms with Crippen LogP contribution in [0.25, 0.3) is 11.3 Å². The number of aryl methyl sites for hydroxylation is 1. The molecular weight excluding hydrogens is 369 g/mol. The Hall–Kier alpha value is -3.06. The van der Waals surface area contributed by atoms with Crippen LogP contribution in [0.15, 0.2) is 42.5 Å². The molecule has 0 spiro atoms. The van der Waals surface area contributed by atoms with Gasteiger partial charge < -0.3 is 16.8 Å². The molecule has 6 nitrogen and oxygen atoms in total. The molecule has 0 saturated carbocycles. The fraction of sp³-hybridized carbons (Fsp3) is 0.158. The van der Waals surface area contributed by atoms with E-state index in [2.05, 4.69) is 10.4 Å². The molecule has 2 aromatic carbocycles. The van der Waals surface area contributed by atoms with Crippen LogP contribution in [0.1, 0.15) is 23.7 Å². The third-order valence-corrected chi connectivity index (χ3v) is 4.33. The number of hydrogen-bond donors (Lipinski definition) is 3. The van der Waals surface area contributed by atoms with Crippen molar-refractivity contribution in [1.82, 2.24) is 9.78 Å². The summed E-state index contributed by atoms with van der Waals surface area (Å²) in [6, 6.07) is 10.7. The van der Waals surface area contributed by atoms with Gasteiger partial charge in [-0.1, -0.05) is 18.5 Å². The summed E-state index contributed by atoms with van der Waals surface area (Å²) in [6.07, 6.45) is 0.827. The van der Waals surface area contributed by atoms with E-state index in [9.17, 15) is 9.18 Å². The Labute approximate surface area is 160 Å². The molecule has 27 heavy (non-hydrogen) atoms. The second-order valence-corrected chi connectivity index (χ2v) is 6.47. The first-order valence-corrected chi connectivity index (χ1v) is 8.76. The summed E-state index contributed by atoms with van der Waals surface area (Å²) in [6.45, 7) is 2.62. The average Bonchev–Trinajstić information content (AvgIpc) is 3.02. The molecule has 3 rings (SSSR count). The number of nitrogens with two attached hydrogens (primary N) is 2. The Bertz CT molecular complexity index is 961. The zero-order chi connectivity index (χ0) is 19.6. The maximum absolute atomic E-state index is 13.1. The second kappa shape index (κ2) is 7.67. The van der Waals surface area contributed by atoms with E-state index in [1.807, 2.05) is 6.92 Å². The number of benzene rings is 2. The number of carbonyl (C=O) groups excluding carboxylic acids is 1. The predicted molar refractivity (Wildman–Crippen MR) is 106 cm³/mol. The molecule has 0 atom stereocenters. The van der Waals surface area contributed by atoms with Gasteiger partial charge in [-0.25, -0.2) is 9.07 Å². The number of hydrogen-bond acceptors (Lipinski definition) is 4. The third kappa shape index (κ3) is 4.03. The summed E-state index contributed by atoms with van der Waals surface area (Å²) in [5, 5.41) is 7.54. The molecule has 5 N–H and O–H groups in total. The van der Waals surface area contributed by atoms with E-state index < -0.39 is 0 Å². The zero-order valence-electron chi connectivity index (χ0n) is 14.7. The molecule has 0 unspecified atom stereocenters. The molecule has 0 radical (unpaired) electrons. The van der Waals surface area contributed by atoms with Crippen molar-refractivity contribution in [1.29, 1.82) is 0 Å². The topological polar surface area (TPSA) is 99.0 Å². The Balaban J connectivity index is 1.91. The van der Waals surface area contributed by atoms with Crippen LogP contribution in [-0.2, 0) is 6.54 Å². The van der Waals surface area contributed by atoms with E-state index in [4.69, 9.17) is 23.1 Å². The van der Waals surface area contributed by atoms with E-state index >= 15 is 0 Å². The molecule has 0 aliphatic carbocycles. The van der Waals surface area contributed by atoms with Gasteiger partial charge >= 0.3 is 0 Å². The maximum Gasteiger partial charge on any atom is 0.256 e. The molecule has 1 amide bonds. The zero-order valence-corrected chi connectivity index (χ0v) is 15.4. The van der Waals surface area contributed by atoms with Crippen molar-refractivity contribution in [2.75, 3.05) is 16.8 Å². The van der Waals surface area contributed by atoms with Gasteiger partial charge in [0.1, 0.15) is 11.6 Å². The van der Waals surface area contributed by atoms with Crippen LogP contribution >= 0.6 is 11.6 Å². The number of nitrogens with one attached hydrogen (secondary N) is 1. The Morgan fingerprint density at radius 2 is 1.93 bits per heavy atom. The van der Waals surface area contributed by atoms with Gasteiger partial charge in [0.05, 0.1) is 22.1 Å². The number of aromatic nitrogens is 2. The van der Waals surface area contributed by atoms with Crippen molar-refractivity contribution >= 4 is 34.7 Å². The van der Waals surface area contributed by atoms with Crippen LogP contribution in [0.5, 0.6) is 0 Å². The predicted octanol–water partition coefficient (Wildman–Crippen LogP) is 4.17. The minimum Gasteiger partial charge on any atom is -0.397 e. The number of nitrogen functional groups attached to an aromatic ring is 2. The number of rotatable bonds is 5. The summed E-state index contributed by atoms with van der Waals surface area (Å²) in [4.78, 5) is 12.6. The number of amides is 1. The minimum atomic E-state index is -0.383. The standard InChI is InChI=1S/C19H19ClFN5O/c1-2-7-26-17(10-16(25-26)11-3-5-13(21)6-4-11)24-19(27)12-8-14(20)18(23)15(22)9-12/h3-6,8-10H,2,7,22-23H2,1H3,(H,24,27). The van der Waals surface area contributed by atoms with E-state index in [0.29, 0.717) is 23.6 Å². The van der Waals surface area contributed by atoms with E-state index in [1.165, 1.54) is 24.3 Å². The van der Waals surface area contributed by atoms with Gasteiger partial charge in [-0.15, -0.1) is 0 Å². The number of nitrogens with zero attached hydrogens (tertiary/aromatic N) is 2. The summed E-state index contributed by atoms with van der Waals surface area (Å²) >= 11 is 6.01. The minimum absolute atomic E-state index is 0.217. The highest BCUT2D eigenvalue weighted by Crippen LogP contribution is 2.28. The lowest BCUT2D eigenvalue weighted by Gasteiger charge is -2.10. The molecule has 0 aliphatic heterocycles. The first-order valence-electron chi connectivity index (χ1n) is 8.38. The molecule has 8 heteroatoms. The van der Waals surface area contributed by atoms with Gasteiger partial charge in [0, 0.05) is 23.7 Å². The molecule has 0 saturated heterocycles. The van der Waals surface area contributed by atoms with Crippen LogP contribution in [0, 0.1) is 5.82 Å². The van der Waals surface area contributed by atoms with E-state index in [-0.39, 0.29) is 28.1 Å². The van der Waals surface area contributed by atoms with Crippen LogP contribution in [0.3, 0.4) is 0 Å². The first kappa shape index (κ1) is 18.7. The lowest BCUT2D eigenvalue weighted by molar-refractivity contribution is 0.102. The Morgan fingerprint density at radius 1 is 1.22 bits per heavy atom. The smallest absolute Gasteiger partial charge is 0.256 e. The third-order valence-electron chi connectivity index (χ3n) is 4.02. The number of carbonyl (C=O) groups is 1. The van der Waals surface area contributed by atoms with Gasteiger partial charge in [-0.2, -0.15) is 5.10 Å². The number of halogens is 2. The van der Waals surface area contributed by atoms with Crippen molar-refractivity contribution in [2.24, 2.45) is 0 Å². The van der Waals surface area contributed by atoms with Gasteiger partial charge in [0.2, 0.25) is 0 Å². The highest BCUT2D eigenvalue weighted by Gasteiger charge is 2.15. The highest BCUT2D eigenvalue weighted by atomic mass is 35.5. The van der Waals surface area contributed by atoms with Crippen LogP contribution in [-0.4, -0.2) is 15.7 Å². The first-order chi connectivity index (χ1) is 12.9. The number of anilines is 3. The van der Waals surface area contributed by atoms with E-state index in [1.54, 1.807) is 22.9 Å². The highest BCUT2D eigenvalue weighted by molar-refractivity contribution is 6.34. The van der Waals surface area contributed by atoms with Crippen molar-refractivity contribution in [2.45, 2.75) is 19.9 Å². The monoisotopic (exact) mass is 387 g/mol. The summed E-state index contributed by atoms with van der Waals surface area (Å²) in [5.41, 5.74) is 13.7. The molecule has 1 aromatic heterocycles. The second-order valence-electron chi connectivity index (χ2n) is 6.06. The van der Waals surface area contributed by atoms with Gasteiger partial charge in [-0.05, 0) is 42.8 Å². The van der Waals surface area contributed by atoms with Gasteiger partial charge in [0.15, 0.2) is 0 Å². The largest absolute Gasteiger partial charge is 0.397 e. The van der Waals surface area contributed by atoms with Crippen LogP contribution < -0.4 is 16.8 Å². The quantitative estimate of drug-likeness (QED) is 0.572. The SMILES string of the molecule is CCCn1nc(-c2ccc(F)cc2)cc1NC(=O)c1cc(N)c(N)c(Cl)c1. The average molecular weight is 388 g/mol. The van der Waals surface area contributed by atoms with Gasteiger partial charge in [0.25, 0.3) is 5.91 Å². The lowest BCUT2D eigenvalue weighted by atomic mass is 10.1. The molecular formula is C19H19ClFN5O. The molecule has 0 bridgehead atoms. The lowest BCUT2D eigenvalue weighted by Crippen LogP contribution is -2.16. The fourth-order valence-corrected chi connectivity index (χ4v) is 2.85. The Morgan fingerprint density at radius 3 is 2.56 bits per heavy atom. The van der Waals surface area contributed by atoms with Crippen molar-refractivity contribution in [3.05, 3.63) is 58.9 Å². The van der Waals surface area contributed by atoms with Crippen molar-refractivity contribution in [3.63, 3.8) is 0 Å². The Kier molecular flexibility index (Phi) is 5.32. The van der Waals surface area contributed by atoms with Gasteiger partial charge in [-0.3, -0.25) is 4.79 Å². The maximum atomic E-state index is 13.1. The van der Waals surface area contributed by atoms with Crippen LogP contribution in [0.2, 0.25) is 5.02 Å².